The standard InChI is InChI=1S/C2H4.CH4.4FH/c1-2;;;;;/h1-2H2;1H4;4*1H. The van der Waals surface area contributed by atoms with E-state index < -0.39 is 0 Å². The normalized spacial score (nSPS) is 0.571. The van der Waals surface area contributed by atoms with Crippen LogP contribution in [0.25, 0.3) is 0 Å². The Bertz CT molecular complexity index is 6.90. The van der Waals surface area contributed by atoms with Gasteiger partial charge < -0.3 is 0 Å². The van der Waals surface area contributed by atoms with Crippen LogP contribution in [0.2, 0.25) is 0 Å². The fourth-order valence-corrected chi connectivity index (χ4v) is 0. The summed E-state index contributed by atoms with van der Waals surface area (Å²) < 4.78 is 0. The minimum Gasteiger partial charge on any atom is -0.269 e. The van der Waals surface area contributed by atoms with Crippen LogP contribution in [0.5, 0.6) is 0 Å². The van der Waals surface area contributed by atoms with Crippen LogP contribution >= 0.6 is 0 Å². The molecular weight excluding hydrogens is 112 g/mol. The van der Waals surface area contributed by atoms with Gasteiger partial charge in [0, 0.05) is 0 Å². The fourth-order valence-electron chi connectivity index (χ4n) is 0. The largest absolute Gasteiger partial charge is 0.269 e. The highest BCUT2D eigenvalue weighted by Crippen LogP contribution is 0.862. The van der Waals surface area contributed by atoms with Gasteiger partial charge in [0.1, 0.15) is 0 Å². The smallest absolute Gasteiger partial charge is 0.0776 e. The van der Waals surface area contributed by atoms with Crippen LogP contribution in [0.3, 0.4) is 0 Å². The molecule has 0 radical (unpaired) electrons. The molecule has 0 aliphatic rings. The summed E-state index contributed by atoms with van der Waals surface area (Å²) in [6.45, 7) is 6.00. The predicted molar refractivity (Wildman–Crippen MR) is 28.0 cm³/mol. The van der Waals surface area contributed by atoms with Gasteiger partial charge in [0.05, 0.1) is 0 Å². The molecule has 7 heavy (non-hydrogen) atoms. The molecule has 0 aromatic carbocycles. The van der Waals surface area contributed by atoms with Crippen molar-refractivity contribution in [3.05, 3.63) is 13.2 Å². The van der Waals surface area contributed by atoms with E-state index >= 15 is 0 Å². The topological polar surface area (TPSA) is 0 Å². The van der Waals surface area contributed by atoms with Gasteiger partial charge in [0.2, 0.25) is 0 Å². The monoisotopic (exact) mass is 124 g/mol. The van der Waals surface area contributed by atoms with E-state index in [9.17, 15) is 0 Å². The van der Waals surface area contributed by atoms with E-state index in [1.165, 1.54) is 0 Å². The molecule has 0 atom stereocenters. The van der Waals surface area contributed by atoms with Crippen molar-refractivity contribution in [3.8, 4) is 0 Å². The van der Waals surface area contributed by atoms with Crippen molar-refractivity contribution < 1.29 is 18.8 Å². The van der Waals surface area contributed by atoms with Crippen molar-refractivity contribution in [2.75, 3.05) is 0 Å². The average molecular weight is 124 g/mol. The van der Waals surface area contributed by atoms with Gasteiger partial charge in [-0.1, -0.05) is 7.43 Å². The zero-order valence-electron chi connectivity index (χ0n) is 3.05. The Balaban J connectivity index is -0.000000000500. The second kappa shape index (κ2) is 372. The molecule has 4 heteroatoms. The van der Waals surface area contributed by atoms with Gasteiger partial charge in [-0.3, -0.25) is 18.8 Å². The first-order chi connectivity index (χ1) is 1.00. The van der Waals surface area contributed by atoms with Crippen molar-refractivity contribution >= 4 is 0 Å². The van der Waals surface area contributed by atoms with Crippen LogP contribution in [-0.4, -0.2) is 0 Å². The molecule has 0 nitrogen and oxygen atoms in total. The third-order valence-corrected chi connectivity index (χ3v) is 0. The summed E-state index contributed by atoms with van der Waals surface area (Å²) in [5.41, 5.74) is 0. The fraction of sp³-hybridized carbons (Fsp3) is 0.333. The van der Waals surface area contributed by atoms with Gasteiger partial charge in [-0.05, 0) is 0 Å². The van der Waals surface area contributed by atoms with Gasteiger partial charge in [-0.25, -0.2) is 0 Å². The predicted octanol–water partition coefficient (Wildman–Crippen LogP) is 2.05. The lowest BCUT2D eigenvalue weighted by atomic mass is 11.3. The van der Waals surface area contributed by atoms with Crippen LogP contribution in [0.15, 0.2) is 13.2 Å². The molecule has 0 aromatic heterocycles. The first-order valence-electron chi connectivity index (χ1n) is 0.500. The third-order valence-electron chi connectivity index (χ3n) is 0. The van der Waals surface area contributed by atoms with Gasteiger partial charge in [-0.2, -0.15) is 0 Å². The van der Waals surface area contributed by atoms with Crippen LogP contribution in [0.4, 0.5) is 18.8 Å². The maximum absolute atomic E-state index is 3.00. The molecule has 0 spiro atoms. The van der Waals surface area contributed by atoms with E-state index in [1.54, 1.807) is 0 Å². The van der Waals surface area contributed by atoms with E-state index in [0.29, 0.717) is 0 Å². The maximum atomic E-state index is 3.00. The second-order valence-electron chi connectivity index (χ2n) is 0. The Kier molecular flexibility index (Phi) is 48400. The lowest BCUT2D eigenvalue weighted by Crippen LogP contribution is -0.552. The molecule has 0 saturated carbocycles. The maximum Gasteiger partial charge on any atom is -0.0776 e. The second-order valence-corrected chi connectivity index (χ2v) is 0. The summed E-state index contributed by atoms with van der Waals surface area (Å²) >= 11 is 0. The molecule has 0 fully saturated rings. The number of hydrogen-bond acceptors (Lipinski definition) is 0. The molecule has 0 aromatic rings. The quantitative estimate of drug-likeness (QED) is 0.342. The van der Waals surface area contributed by atoms with Gasteiger partial charge in [0.15, 0.2) is 0 Å². The Hall–Kier alpha value is -0.540. The molecule has 0 amide bonds. The zero-order chi connectivity index (χ0) is 2.00. The van der Waals surface area contributed by atoms with Crippen LogP contribution < -0.4 is 0 Å². The highest BCUT2D eigenvalue weighted by Gasteiger charge is 0.601. The molecule has 0 unspecified atom stereocenters. The minimum absolute atomic E-state index is 0. The molecule has 0 heterocycles. The Morgan fingerprint density at radius 3 is 0.571 bits per heavy atom. The summed E-state index contributed by atoms with van der Waals surface area (Å²) in [5.74, 6) is 0. The molecule has 0 bridgehead atoms. The third kappa shape index (κ3) is 224. The van der Waals surface area contributed by atoms with Gasteiger partial charge >= 0.3 is 0 Å². The Morgan fingerprint density at radius 2 is 0.571 bits per heavy atom. The molecule has 52 valence electrons. The molecule has 0 N–H and O–H groups in total. The lowest BCUT2D eigenvalue weighted by molar-refractivity contribution is 1.11. The van der Waals surface area contributed by atoms with Crippen molar-refractivity contribution in [2.45, 2.75) is 7.43 Å². The van der Waals surface area contributed by atoms with Crippen LogP contribution in [-0.2, 0) is 0 Å². The van der Waals surface area contributed by atoms with E-state index in [2.05, 4.69) is 13.2 Å². The number of rotatable bonds is 0. The molecule has 0 rings (SSSR count). The SMILES string of the molecule is C.C=C.F.F.F.F. The Labute approximate surface area is 40.7 Å². The molecule has 0 aliphatic carbocycles. The first kappa shape index (κ1) is 910. The highest BCUT2D eigenvalue weighted by atomic mass is 19.0. The highest BCUT2D eigenvalue weighted by molar-refractivity contribution is 4.22. The van der Waals surface area contributed by atoms with Crippen molar-refractivity contribution in [3.63, 3.8) is 0 Å². The summed E-state index contributed by atoms with van der Waals surface area (Å²) in [4.78, 5) is 0. The van der Waals surface area contributed by atoms with Crippen molar-refractivity contribution in [1.29, 1.82) is 0 Å². The minimum atomic E-state index is 0. The molecule has 0 aliphatic heterocycles. The van der Waals surface area contributed by atoms with E-state index in [0.717, 1.165) is 0 Å². The number of halogens is 4. The summed E-state index contributed by atoms with van der Waals surface area (Å²) in [5, 5.41) is 0. The van der Waals surface area contributed by atoms with Crippen molar-refractivity contribution in [1.82, 2.24) is 0 Å². The lowest BCUT2D eigenvalue weighted by Gasteiger charge is -0.813. The Morgan fingerprint density at radius 1 is 0.571 bits per heavy atom. The average Bonchev–Trinajstić information content (AvgIpc) is 1.00. The van der Waals surface area contributed by atoms with Gasteiger partial charge in [-0.15, -0.1) is 13.2 Å². The summed E-state index contributed by atoms with van der Waals surface area (Å²) in [7, 11) is 0. The van der Waals surface area contributed by atoms with Crippen LogP contribution in [0.1, 0.15) is 7.43 Å². The first-order valence-corrected chi connectivity index (χ1v) is 0.500. The van der Waals surface area contributed by atoms with Crippen molar-refractivity contribution in [2.24, 2.45) is 0 Å². The van der Waals surface area contributed by atoms with E-state index in [-0.39, 0.29) is 26.2 Å². The zero-order valence-corrected chi connectivity index (χ0v) is 3.05. The van der Waals surface area contributed by atoms with E-state index in [4.69, 9.17) is 0 Å². The number of hydrogen-bond donors (Lipinski definition) is 0. The summed E-state index contributed by atoms with van der Waals surface area (Å²) in [6.07, 6.45) is 0. The van der Waals surface area contributed by atoms with Gasteiger partial charge in [0.25, 0.3) is 0 Å². The van der Waals surface area contributed by atoms with Crippen LogP contribution in [0, 0.1) is 0 Å². The molecular formula is C3H12F4. The molecule has 0 saturated heterocycles. The van der Waals surface area contributed by atoms with E-state index in [1.807, 2.05) is 0 Å². The summed E-state index contributed by atoms with van der Waals surface area (Å²) in [6, 6.07) is 0.